The molecule has 0 unspecified atom stereocenters. The number of rotatable bonds is 7. The van der Waals surface area contributed by atoms with Gasteiger partial charge in [0.25, 0.3) is 0 Å². The average molecular weight is 399 g/mol. The van der Waals surface area contributed by atoms with Crippen LogP contribution in [0, 0.1) is 20.8 Å². The van der Waals surface area contributed by atoms with Gasteiger partial charge in [0.05, 0.1) is 19.0 Å². The summed E-state index contributed by atoms with van der Waals surface area (Å²) in [5, 5.41) is 3.09. The summed E-state index contributed by atoms with van der Waals surface area (Å²) in [5.74, 6) is 0.515. The molecule has 1 aliphatic heterocycles. The molecule has 0 radical (unpaired) electrons. The molecule has 150 valence electrons. The highest BCUT2D eigenvalue weighted by atomic mass is 32.2. The largest absolute Gasteiger partial charge is 0.379 e. The first-order valence-corrected chi connectivity index (χ1v) is 10.9. The minimum absolute atomic E-state index is 0.0746. The standard InChI is InChI=1S/C23H30N2O2S/c1-17-12-18(2)23(19(3)13-17)28-16-22(26)24-14-20-6-4-5-7-21(20)15-25-8-10-27-11-9-25/h4-7,12-13H,8-11,14-16H2,1-3H3,(H,24,26). The van der Waals surface area contributed by atoms with Crippen LogP contribution >= 0.6 is 11.8 Å². The lowest BCUT2D eigenvalue weighted by atomic mass is 10.1. The molecule has 1 saturated heterocycles. The highest BCUT2D eigenvalue weighted by molar-refractivity contribution is 8.00. The number of carbonyl (C=O) groups excluding carboxylic acids is 1. The molecule has 1 amide bonds. The highest BCUT2D eigenvalue weighted by Gasteiger charge is 2.13. The lowest BCUT2D eigenvalue weighted by Gasteiger charge is -2.27. The molecule has 0 aromatic heterocycles. The van der Waals surface area contributed by atoms with Gasteiger partial charge in [-0.05, 0) is 43.0 Å². The Balaban J connectivity index is 1.53. The van der Waals surface area contributed by atoms with Crippen LogP contribution in [-0.2, 0) is 22.6 Å². The number of hydrogen-bond acceptors (Lipinski definition) is 4. The Kier molecular flexibility index (Phi) is 7.54. The van der Waals surface area contributed by atoms with E-state index in [2.05, 4.69) is 61.3 Å². The number of nitrogens with zero attached hydrogens (tertiary/aromatic N) is 1. The van der Waals surface area contributed by atoms with Crippen molar-refractivity contribution >= 4 is 17.7 Å². The smallest absolute Gasteiger partial charge is 0.230 e. The number of carbonyl (C=O) groups is 1. The second kappa shape index (κ2) is 10.1. The quantitative estimate of drug-likeness (QED) is 0.720. The Bertz CT molecular complexity index is 793. The first-order chi connectivity index (χ1) is 13.5. The number of hydrogen-bond donors (Lipinski definition) is 1. The predicted molar refractivity (Wildman–Crippen MR) is 116 cm³/mol. The second-order valence-electron chi connectivity index (χ2n) is 7.45. The van der Waals surface area contributed by atoms with Crippen molar-refractivity contribution in [1.82, 2.24) is 10.2 Å². The number of aryl methyl sites for hydroxylation is 3. The summed E-state index contributed by atoms with van der Waals surface area (Å²) in [7, 11) is 0. The molecule has 0 aliphatic carbocycles. The summed E-state index contributed by atoms with van der Waals surface area (Å²) in [4.78, 5) is 16.0. The third kappa shape index (κ3) is 5.84. The Hall–Kier alpha value is -1.82. The van der Waals surface area contributed by atoms with Crippen molar-refractivity contribution in [2.75, 3.05) is 32.1 Å². The Morgan fingerprint density at radius 3 is 2.39 bits per heavy atom. The summed E-state index contributed by atoms with van der Waals surface area (Å²) in [6.45, 7) is 11.3. The average Bonchev–Trinajstić information content (AvgIpc) is 2.67. The molecule has 3 rings (SSSR count). The van der Waals surface area contributed by atoms with E-state index >= 15 is 0 Å². The van der Waals surface area contributed by atoms with Crippen LogP contribution in [0.3, 0.4) is 0 Å². The van der Waals surface area contributed by atoms with Crippen LogP contribution < -0.4 is 5.32 Å². The van der Waals surface area contributed by atoms with Gasteiger partial charge in [0.15, 0.2) is 0 Å². The maximum Gasteiger partial charge on any atom is 0.230 e. The zero-order valence-electron chi connectivity index (χ0n) is 17.1. The molecule has 1 aliphatic rings. The number of nitrogens with one attached hydrogen (secondary N) is 1. The number of thioether (sulfide) groups is 1. The molecule has 4 nitrogen and oxygen atoms in total. The third-order valence-electron chi connectivity index (χ3n) is 5.04. The highest BCUT2D eigenvalue weighted by Crippen LogP contribution is 2.27. The Morgan fingerprint density at radius 2 is 1.71 bits per heavy atom. The minimum atomic E-state index is 0.0746. The molecule has 0 saturated carbocycles. The molecule has 2 aromatic rings. The number of ether oxygens (including phenoxy) is 1. The fourth-order valence-electron chi connectivity index (χ4n) is 3.66. The van der Waals surface area contributed by atoms with Gasteiger partial charge in [-0.2, -0.15) is 0 Å². The van der Waals surface area contributed by atoms with E-state index in [1.807, 2.05) is 6.07 Å². The number of amides is 1. The van der Waals surface area contributed by atoms with Gasteiger partial charge < -0.3 is 10.1 Å². The Labute approximate surface area is 172 Å². The fraction of sp³-hybridized carbons (Fsp3) is 0.435. The van der Waals surface area contributed by atoms with Crippen molar-refractivity contribution in [3.63, 3.8) is 0 Å². The lowest BCUT2D eigenvalue weighted by molar-refractivity contribution is -0.118. The molecule has 1 heterocycles. The Morgan fingerprint density at radius 1 is 1.07 bits per heavy atom. The zero-order valence-corrected chi connectivity index (χ0v) is 17.9. The fourth-order valence-corrected chi connectivity index (χ4v) is 4.61. The zero-order chi connectivity index (χ0) is 19.9. The molecule has 1 N–H and O–H groups in total. The van der Waals surface area contributed by atoms with Crippen molar-refractivity contribution in [1.29, 1.82) is 0 Å². The van der Waals surface area contributed by atoms with Gasteiger partial charge in [-0.3, -0.25) is 9.69 Å². The summed E-state index contributed by atoms with van der Waals surface area (Å²) in [5.41, 5.74) is 6.22. The molecule has 0 atom stereocenters. The van der Waals surface area contributed by atoms with E-state index in [0.717, 1.165) is 32.8 Å². The SMILES string of the molecule is Cc1cc(C)c(SCC(=O)NCc2ccccc2CN2CCOCC2)c(C)c1. The van der Waals surface area contributed by atoms with Crippen LogP contribution in [0.1, 0.15) is 27.8 Å². The van der Waals surface area contributed by atoms with Crippen LogP contribution in [0.4, 0.5) is 0 Å². The van der Waals surface area contributed by atoms with Gasteiger partial charge in [0.2, 0.25) is 5.91 Å². The molecular weight excluding hydrogens is 368 g/mol. The number of benzene rings is 2. The van der Waals surface area contributed by atoms with Crippen LogP contribution in [0.2, 0.25) is 0 Å². The van der Waals surface area contributed by atoms with E-state index in [9.17, 15) is 4.79 Å². The first kappa shape index (κ1) is 20.9. The summed E-state index contributed by atoms with van der Waals surface area (Å²) in [6, 6.07) is 12.7. The van der Waals surface area contributed by atoms with Crippen molar-refractivity contribution in [3.05, 3.63) is 64.2 Å². The summed E-state index contributed by atoms with van der Waals surface area (Å²) in [6.07, 6.45) is 0. The van der Waals surface area contributed by atoms with Gasteiger partial charge >= 0.3 is 0 Å². The van der Waals surface area contributed by atoms with Gasteiger partial charge in [0.1, 0.15) is 0 Å². The molecule has 5 heteroatoms. The van der Waals surface area contributed by atoms with E-state index in [-0.39, 0.29) is 5.91 Å². The second-order valence-corrected chi connectivity index (χ2v) is 8.44. The van der Waals surface area contributed by atoms with E-state index in [1.165, 1.54) is 32.7 Å². The van der Waals surface area contributed by atoms with Crippen molar-refractivity contribution in [2.24, 2.45) is 0 Å². The van der Waals surface area contributed by atoms with E-state index in [0.29, 0.717) is 12.3 Å². The van der Waals surface area contributed by atoms with Crippen molar-refractivity contribution in [3.8, 4) is 0 Å². The number of morpholine rings is 1. The van der Waals surface area contributed by atoms with E-state index < -0.39 is 0 Å². The summed E-state index contributed by atoms with van der Waals surface area (Å²) >= 11 is 1.62. The first-order valence-electron chi connectivity index (χ1n) is 9.87. The van der Waals surface area contributed by atoms with Crippen molar-refractivity contribution in [2.45, 2.75) is 38.8 Å². The maximum atomic E-state index is 12.4. The molecule has 0 bridgehead atoms. The van der Waals surface area contributed by atoms with Gasteiger partial charge in [-0.25, -0.2) is 0 Å². The van der Waals surface area contributed by atoms with Gasteiger partial charge in [0, 0.05) is 31.1 Å². The molecular formula is C23H30N2O2S. The predicted octanol–water partition coefficient (Wildman–Crippen LogP) is 3.85. The minimum Gasteiger partial charge on any atom is -0.379 e. The van der Waals surface area contributed by atoms with E-state index in [1.54, 1.807) is 11.8 Å². The van der Waals surface area contributed by atoms with Crippen LogP contribution in [0.15, 0.2) is 41.3 Å². The molecule has 2 aromatic carbocycles. The topological polar surface area (TPSA) is 41.6 Å². The summed E-state index contributed by atoms with van der Waals surface area (Å²) < 4.78 is 5.43. The molecule has 0 spiro atoms. The van der Waals surface area contributed by atoms with Gasteiger partial charge in [-0.1, -0.05) is 42.0 Å². The van der Waals surface area contributed by atoms with Crippen molar-refractivity contribution < 1.29 is 9.53 Å². The van der Waals surface area contributed by atoms with Crippen LogP contribution in [0.25, 0.3) is 0 Å². The molecule has 28 heavy (non-hydrogen) atoms. The monoisotopic (exact) mass is 398 g/mol. The normalized spacial score (nSPS) is 14.8. The maximum absolute atomic E-state index is 12.4. The molecule has 1 fully saturated rings. The van der Waals surface area contributed by atoms with Gasteiger partial charge in [-0.15, -0.1) is 11.8 Å². The third-order valence-corrected chi connectivity index (χ3v) is 6.38. The van der Waals surface area contributed by atoms with Crippen LogP contribution in [0.5, 0.6) is 0 Å². The van der Waals surface area contributed by atoms with E-state index in [4.69, 9.17) is 4.74 Å². The van der Waals surface area contributed by atoms with Crippen LogP contribution in [-0.4, -0.2) is 42.9 Å². The lowest BCUT2D eigenvalue weighted by Crippen LogP contribution is -2.36.